The Morgan fingerprint density at radius 3 is 1.50 bits per heavy atom. The summed E-state index contributed by atoms with van der Waals surface area (Å²) in [4.78, 5) is 0. The average molecular weight is 248 g/mol. The Bertz CT molecular complexity index is 261. The molecule has 102 valence electrons. The highest BCUT2D eigenvalue weighted by Crippen LogP contribution is 2.15. The van der Waals surface area contributed by atoms with Crippen molar-refractivity contribution in [3.05, 3.63) is 23.5 Å². The number of allylic oxidation sites excluding steroid dienone is 2. The number of unbranched alkanes of at least 4 members (excludes halogenated alkanes) is 5. The fourth-order valence-electron chi connectivity index (χ4n) is 2.82. The highest BCUT2D eigenvalue weighted by atomic mass is 14.9. The maximum Gasteiger partial charge on any atom is 0.0179 e. The van der Waals surface area contributed by atoms with Crippen LogP contribution in [0.15, 0.2) is 23.5 Å². The van der Waals surface area contributed by atoms with Gasteiger partial charge in [0, 0.05) is 24.5 Å². The van der Waals surface area contributed by atoms with Crippen LogP contribution in [0, 0.1) is 0 Å². The van der Waals surface area contributed by atoms with Crippen LogP contribution in [0.2, 0.25) is 0 Å². The van der Waals surface area contributed by atoms with Crippen molar-refractivity contribution < 1.29 is 0 Å². The van der Waals surface area contributed by atoms with E-state index in [1.54, 1.807) is 0 Å². The van der Waals surface area contributed by atoms with Gasteiger partial charge in [-0.25, -0.2) is 0 Å². The molecule has 2 rings (SSSR count). The number of hydrogen-bond donors (Lipinski definition) is 2. The molecule has 2 heteroatoms. The predicted molar refractivity (Wildman–Crippen MR) is 78.3 cm³/mol. The van der Waals surface area contributed by atoms with Gasteiger partial charge in [0.25, 0.3) is 0 Å². The molecule has 0 radical (unpaired) electrons. The van der Waals surface area contributed by atoms with Crippen LogP contribution in [-0.2, 0) is 0 Å². The summed E-state index contributed by atoms with van der Waals surface area (Å²) in [5.41, 5.74) is 2.99. The third-order valence-electron chi connectivity index (χ3n) is 3.92. The van der Waals surface area contributed by atoms with Crippen LogP contribution < -0.4 is 10.6 Å². The molecule has 0 aromatic carbocycles. The Labute approximate surface area is 112 Å². The van der Waals surface area contributed by atoms with Gasteiger partial charge in [0.15, 0.2) is 0 Å². The van der Waals surface area contributed by atoms with Gasteiger partial charge in [0.2, 0.25) is 0 Å². The quantitative estimate of drug-likeness (QED) is 0.605. The second kappa shape index (κ2) is 8.23. The standard InChI is InChI=1S/C16H28N2/c1(3-5-9-15-11-7-13-17-15)2-4-6-10-16-12-8-14-18-16/h11-12,17-18H,1-10,13-14H2. The first-order valence-electron chi connectivity index (χ1n) is 7.81. The zero-order chi connectivity index (χ0) is 12.5. The maximum atomic E-state index is 3.45. The van der Waals surface area contributed by atoms with Crippen LogP contribution in [0.4, 0.5) is 0 Å². The van der Waals surface area contributed by atoms with E-state index in [2.05, 4.69) is 22.8 Å². The number of rotatable bonds is 9. The molecule has 2 N–H and O–H groups in total. The Morgan fingerprint density at radius 2 is 1.11 bits per heavy atom. The summed E-state index contributed by atoms with van der Waals surface area (Å²) < 4.78 is 0. The molecule has 0 aromatic heterocycles. The molecule has 2 aliphatic heterocycles. The normalized spacial score (nSPS) is 18.2. The summed E-state index contributed by atoms with van der Waals surface area (Å²) in [6.45, 7) is 2.33. The Balaban J connectivity index is 1.35. The van der Waals surface area contributed by atoms with Gasteiger partial charge in [0.05, 0.1) is 0 Å². The lowest BCUT2D eigenvalue weighted by atomic mass is 10.1. The summed E-state index contributed by atoms with van der Waals surface area (Å²) in [7, 11) is 0. The molecule has 0 aliphatic carbocycles. The van der Waals surface area contributed by atoms with Gasteiger partial charge in [-0.05, 0) is 38.5 Å². The Morgan fingerprint density at radius 1 is 0.667 bits per heavy atom. The maximum absolute atomic E-state index is 3.45. The van der Waals surface area contributed by atoms with Crippen LogP contribution >= 0.6 is 0 Å². The SMILES string of the molecule is C1=C(CCCCCCCCC2=CCCN2)NCC1. The number of nitrogens with one attached hydrogen (secondary N) is 2. The largest absolute Gasteiger partial charge is 0.388 e. The molecule has 2 heterocycles. The van der Waals surface area contributed by atoms with E-state index >= 15 is 0 Å². The highest BCUT2D eigenvalue weighted by Gasteiger charge is 2.03. The van der Waals surface area contributed by atoms with Gasteiger partial charge >= 0.3 is 0 Å². The number of hydrogen-bond acceptors (Lipinski definition) is 2. The minimum atomic E-state index is 1.17. The van der Waals surface area contributed by atoms with Crippen LogP contribution in [0.5, 0.6) is 0 Å². The topological polar surface area (TPSA) is 24.1 Å². The van der Waals surface area contributed by atoms with E-state index in [1.165, 1.54) is 88.7 Å². The molecule has 2 nitrogen and oxygen atoms in total. The lowest BCUT2D eigenvalue weighted by molar-refractivity contribution is 0.583. The molecule has 0 saturated carbocycles. The average Bonchev–Trinajstić information content (AvgIpc) is 3.05. The first-order chi connectivity index (χ1) is 8.95. The summed E-state index contributed by atoms with van der Waals surface area (Å²) in [5.74, 6) is 0. The smallest absolute Gasteiger partial charge is 0.0179 e. The van der Waals surface area contributed by atoms with Crippen molar-refractivity contribution in [2.24, 2.45) is 0 Å². The first kappa shape index (κ1) is 13.5. The van der Waals surface area contributed by atoms with Gasteiger partial charge in [-0.15, -0.1) is 0 Å². The monoisotopic (exact) mass is 248 g/mol. The van der Waals surface area contributed by atoms with Crippen molar-refractivity contribution in [1.29, 1.82) is 0 Å². The van der Waals surface area contributed by atoms with Crippen LogP contribution in [-0.4, -0.2) is 13.1 Å². The van der Waals surface area contributed by atoms with E-state index in [1.807, 2.05) is 0 Å². The molecule has 0 spiro atoms. The van der Waals surface area contributed by atoms with Gasteiger partial charge in [-0.1, -0.05) is 37.8 Å². The van der Waals surface area contributed by atoms with Crippen molar-refractivity contribution in [2.45, 2.75) is 64.2 Å². The van der Waals surface area contributed by atoms with Crippen molar-refractivity contribution in [1.82, 2.24) is 10.6 Å². The summed E-state index contributed by atoms with van der Waals surface area (Å²) in [6, 6.07) is 0. The van der Waals surface area contributed by atoms with Gasteiger partial charge in [-0.2, -0.15) is 0 Å². The zero-order valence-electron chi connectivity index (χ0n) is 11.6. The summed E-state index contributed by atoms with van der Waals surface area (Å²) in [5, 5.41) is 6.89. The zero-order valence-corrected chi connectivity index (χ0v) is 11.6. The molecule has 0 amide bonds. The van der Waals surface area contributed by atoms with Gasteiger partial charge < -0.3 is 10.6 Å². The second-order valence-electron chi connectivity index (χ2n) is 5.51. The van der Waals surface area contributed by atoms with Crippen molar-refractivity contribution in [3.8, 4) is 0 Å². The fourth-order valence-corrected chi connectivity index (χ4v) is 2.82. The van der Waals surface area contributed by atoms with Crippen LogP contribution in [0.1, 0.15) is 64.2 Å². The molecule has 2 aliphatic rings. The van der Waals surface area contributed by atoms with E-state index in [0.29, 0.717) is 0 Å². The van der Waals surface area contributed by atoms with Crippen LogP contribution in [0.25, 0.3) is 0 Å². The Hall–Kier alpha value is -0.920. The van der Waals surface area contributed by atoms with Crippen molar-refractivity contribution in [2.75, 3.05) is 13.1 Å². The lowest BCUT2D eigenvalue weighted by Gasteiger charge is -2.05. The molecular weight excluding hydrogens is 220 g/mol. The summed E-state index contributed by atoms with van der Waals surface area (Å²) in [6.07, 6.45) is 18.1. The predicted octanol–water partition coefficient (Wildman–Crippen LogP) is 3.86. The van der Waals surface area contributed by atoms with Gasteiger partial charge in [-0.3, -0.25) is 0 Å². The van der Waals surface area contributed by atoms with Crippen molar-refractivity contribution >= 4 is 0 Å². The van der Waals surface area contributed by atoms with E-state index < -0.39 is 0 Å². The minimum absolute atomic E-state index is 1.17. The molecule has 0 bridgehead atoms. The van der Waals surface area contributed by atoms with Crippen molar-refractivity contribution in [3.63, 3.8) is 0 Å². The molecule has 0 aromatic rings. The molecular formula is C16H28N2. The van der Waals surface area contributed by atoms with E-state index in [9.17, 15) is 0 Å². The van der Waals surface area contributed by atoms with E-state index in [-0.39, 0.29) is 0 Å². The molecule has 0 atom stereocenters. The van der Waals surface area contributed by atoms with E-state index in [0.717, 1.165) is 0 Å². The second-order valence-corrected chi connectivity index (χ2v) is 5.51. The highest BCUT2D eigenvalue weighted by molar-refractivity contribution is 5.05. The minimum Gasteiger partial charge on any atom is -0.388 e. The summed E-state index contributed by atoms with van der Waals surface area (Å²) >= 11 is 0. The molecule has 18 heavy (non-hydrogen) atoms. The molecule has 0 saturated heterocycles. The molecule has 0 fully saturated rings. The third-order valence-corrected chi connectivity index (χ3v) is 3.92. The first-order valence-corrected chi connectivity index (χ1v) is 7.81. The van der Waals surface area contributed by atoms with Gasteiger partial charge in [0.1, 0.15) is 0 Å². The molecule has 0 unspecified atom stereocenters. The Kier molecular flexibility index (Phi) is 6.18. The van der Waals surface area contributed by atoms with E-state index in [4.69, 9.17) is 0 Å². The fraction of sp³-hybridized carbons (Fsp3) is 0.750. The lowest BCUT2D eigenvalue weighted by Crippen LogP contribution is -2.07. The van der Waals surface area contributed by atoms with Crippen LogP contribution in [0.3, 0.4) is 0 Å². The third kappa shape index (κ3) is 5.16.